The summed E-state index contributed by atoms with van der Waals surface area (Å²) < 4.78 is 1.59. The number of aliphatic hydroxyl groups is 1. The maximum absolute atomic E-state index is 11.7. The smallest absolute Gasteiger partial charge is 0.250 e. The SMILES string of the molecule is Cn1ccc(CN2CCC(CO)(c3ccccc3)CC2)cc1=O. The Kier molecular flexibility index (Phi) is 4.64. The number of nitrogens with zero attached hydrogens (tertiary/aromatic N) is 2. The molecule has 1 aliphatic heterocycles. The lowest BCUT2D eigenvalue weighted by molar-refractivity contribution is 0.0974. The van der Waals surface area contributed by atoms with Gasteiger partial charge in [-0.2, -0.15) is 0 Å². The molecule has 0 aliphatic carbocycles. The average Bonchev–Trinajstić information content (AvgIpc) is 2.60. The number of aromatic nitrogens is 1. The highest BCUT2D eigenvalue weighted by molar-refractivity contribution is 5.26. The van der Waals surface area contributed by atoms with Gasteiger partial charge in [0.15, 0.2) is 0 Å². The minimum absolute atomic E-state index is 0.0356. The fourth-order valence-electron chi connectivity index (χ4n) is 3.42. The molecule has 0 radical (unpaired) electrons. The molecule has 0 spiro atoms. The molecule has 0 saturated carbocycles. The van der Waals surface area contributed by atoms with E-state index in [2.05, 4.69) is 17.0 Å². The van der Waals surface area contributed by atoms with Gasteiger partial charge in [0, 0.05) is 31.3 Å². The van der Waals surface area contributed by atoms with Gasteiger partial charge < -0.3 is 9.67 Å². The Bertz CT molecular complexity index is 701. The van der Waals surface area contributed by atoms with E-state index in [0.29, 0.717) is 0 Å². The first-order valence-corrected chi connectivity index (χ1v) is 8.17. The largest absolute Gasteiger partial charge is 0.395 e. The van der Waals surface area contributed by atoms with Gasteiger partial charge in [-0.1, -0.05) is 30.3 Å². The molecular weight excluding hydrogens is 288 g/mol. The standard InChI is InChI=1S/C19H24N2O2/c1-20-10-7-16(13-18(20)23)14-21-11-8-19(15-22,9-12-21)17-5-3-2-4-6-17/h2-7,10,13,22H,8-9,11-12,14-15H2,1H3. The number of piperidine rings is 1. The number of pyridine rings is 1. The second-order valence-corrected chi connectivity index (χ2v) is 6.56. The lowest BCUT2D eigenvalue weighted by atomic mass is 9.73. The van der Waals surface area contributed by atoms with Crippen LogP contribution in [0.5, 0.6) is 0 Å². The molecule has 4 heteroatoms. The highest BCUT2D eigenvalue weighted by Crippen LogP contribution is 2.35. The van der Waals surface area contributed by atoms with Crippen LogP contribution in [-0.2, 0) is 19.0 Å². The molecule has 1 aromatic heterocycles. The van der Waals surface area contributed by atoms with Gasteiger partial charge in [0.25, 0.3) is 5.56 Å². The first-order valence-electron chi connectivity index (χ1n) is 8.17. The predicted octanol–water partition coefficient (Wildman–Crippen LogP) is 1.91. The van der Waals surface area contributed by atoms with Gasteiger partial charge in [-0.05, 0) is 43.1 Å². The minimum atomic E-state index is -0.120. The van der Waals surface area contributed by atoms with E-state index in [1.54, 1.807) is 17.7 Å². The summed E-state index contributed by atoms with van der Waals surface area (Å²) in [7, 11) is 1.77. The van der Waals surface area contributed by atoms with Crippen molar-refractivity contribution in [2.75, 3.05) is 19.7 Å². The monoisotopic (exact) mass is 312 g/mol. The third-order valence-corrected chi connectivity index (χ3v) is 5.08. The predicted molar refractivity (Wildman–Crippen MR) is 91.4 cm³/mol. The number of benzene rings is 1. The van der Waals surface area contributed by atoms with Crippen molar-refractivity contribution >= 4 is 0 Å². The molecule has 0 atom stereocenters. The Morgan fingerprint density at radius 2 is 1.83 bits per heavy atom. The van der Waals surface area contributed by atoms with Crippen LogP contribution in [0.1, 0.15) is 24.0 Å². The Morgan fingerprint density at radius 3 is 2.43 bits per heavy atom. The molecule has 122 valence electrons. The number of hydrogen-bond acceptors (Lipinski definition) is 3. The fraction of sp³-hybridized carbons (Fsp3) is 0.421. The van der Waals surface area contributed by atoms with Crippen molar-refractivity contribution in [2.45, 2.75) is 24.8 Å². The highest BCUT2D eigenvalue weighted by atomic mass is 16.3. The molecule has 0 amide bonds. The Balaban J connectivity index is 1.67. The molecule has 1 aromatic carbocycles. The van der Waals surface area contributed by atoms with Crippen LogP contribution in [0.2, 0.25) is 0 Å². The lowest BCUT2D eigenvalue weighted by Gasteiger charge is -2.41. The Hall–Kier alpha value is -1.91. The molecular formula is C19H24N2O2. The van der Waals surface area contributed by atoms with Gasteiger partial charge in [-0.3, -0.25) is 9.69 Å². The van der Waals surface area contributed by atoms with Gasteiger partial charge in [0.05, 0.1) is 6.61 Å². The van der Waals surface area contributed by atoms with Crippen LogP contribution in [0.15, 0.2) is 53.5 Å². The Morgan fingerprint density at radius 1 is 1.13 bits per heavy atom. The van der Waals surface area contributed by atoms with Crippen molar-refractivity contribution in [3.63, 3.8) is 0 Å². The molecule has 1 N–H and O–H groups in total. The second-order valence-electron chi connectivity index (χ2n) is 6.56. The minimum Gasteiger partial charge on any atom is -0.395 e. The molecule has 1 saturated heterocycles. The molecule has 0 unspecified atom stereocenters. The van der Waals surface area contributed by atoms with Crippen LogP contribution in [0.3, 0.4) is 0 Å². The summed E-state index contributed by atoms with van der Waals surface area (Å²) in [5, 5.41) is 9.98. The van der Waals surface area contributed by atoms with Crippen molar-refractivity contribution in [1.82, 2.24) is 9.47 Å². The third kappa shape index (κ3) is 3.38. The van der Waals surface area contributed by atoms with Gasteiger partial charge in [-0.25, -0.2) is 0 Å². The fourth-order valence-corrected chi connectivity index (χ4v) is 3.42. The molecule has 23 heavy (non-hydrogen) atoms. The van der Waals surface area contributed by atoms with Crippen LogP contribution in [0.4, 0.5) is 0 Å². The first kappa shape index (κ1) is 16.0. The molecule has 4 nitrogen and oxygen atoms in total. The Labute approximate surface area is 137 Å². The van der Waals surface area contributed by atoms with Gasteiger partial charge >= 0.3 is 0 Å². The van der Waals surface area contributed by atoms with Crippen LogP contribution < -0.4 is 5.56 Å². The lowest BCUT2D eigenvalue weighted by Crippen LogP contribution is -2.44. The van der Waals surface area contributed by atoms with Crippen LogP contribution >= 0.6 is 0 Å². The summed E-state index contributed by atoms with van der Waals surface area (Å²) in [4.78, 5) is 14.1. The molecule has 1 aliphatic rings. The zero-order chi connectivity index (χ0) is 16.3. The number of aliphatic hydroxyl groups excluding tert-OH is 1. The quantitative estimate of drug-likeness (QED) is 0.938. The van der Waals surface area contributed by atoms with E-state index in [-0.39, 0.29) is 17.6 Å². The molecule has 0 bridgehead atoms. The van der Waals surface area contributed by atoms with Crippen LogP contribution in [0.25, 0.3) is 0 Å². The molecule has 3 rings (SSSR count). The summed E-state index contributed by atoms with van der Waals surface area (Å²) in [5.41, 5.74) is 2.21. The van der Waals surface area contributed by atoms with Gasteiger partial charge in [0.2, 0.25) is 0 Å². The topological polar surface area (TPSA) is 45.5 Å². The highest BCUT2D eigenvalue weighted by Gasteiger charge is 2.35. The molecule has 2 aromatic rings. The van der Waals surface area contributed by atoms with E-state index in [9.17, 15) is 9.90 Å². The summed E-state index contributed by atoms with van der Waals surface area (Å²) in [6.45, 7) is 2.86. The van der Waals surface area contributed by atoms with Gasteiger partial charge in [0.1, 0.15) is 0 Å². The molecule has 2 heterocycles. The third-order valence-electron chi connectivity index (χ3n) is 5.08. The summed E-state index contributed by atoms with van der Waals surface area (Å²) in [6, 6.07) is 14.1. The van der Waals surface area contributed by atoms with Crippen molar-refractivity contribution in [2.24, 2.45) is 7.05 Å². The number of likely N-dealkylation sites (tertiary alicyclic amines) is 1. The number of aryl methyl sites for hydroxylation is 1. The normalized spacial score (nSPS) is 18.0. The number of rotatable bonds is 4. The average molecular weight is 312 g/mol. The maximum Gasteiger partial charge on any atom is 0.250 e. The van der Waals surface area contributed by atoms with E-state index < -0.39 is 0 Å². The van der Waals surface area contributed by atoms with E-state index in [1.807, 2.05) is 30.5 Å². The van der Waals surface area contributed by atoms with E-state index in [0.717, 1.165) is 38.0 Å². The zero-order valence-corrected chi connectivity index (χ0v) is 13.6. The zero-order valence-electron chi connectivity index (χ0n) is 13.6. The summed E-state index contributed by atoms with van der Waals surface area (Å²) in [5.74, 6) is 0. The van der Waals surface area contributed by atoms with Crippen molar-refractivity contribution < 1.29 is 5.11 Å². The molecule has 1 fully saturated rings. The van der Waals surface area contributed by atoms with Crippen molar-refractivity contribution in [3.8, 4) is 0 Å². The summed E-state index contributed by atoms with van der Waals surface area (Å²) in [6.07, 6.45) is 3.71. The van der Waals surface area contributed by atoms with E-state index in [4.69, 9.17) is 0 Å². The van der Waals surface area contributed by atoms with Gasteiger partial charge in [-0.15, -0.1) is 0 Å². The van der Waals surface area contributed by atoms with Crippen molar-refractivity contribution in [3.05, 3.63) is 70.1 Å². The second kappa shape index (κ2) is 6.69. The summed E-state index contributed by atoms with van der Waals surface area (Å²) >= 11 is 0. The van der Waals surface area contributed by atoms with E-state index in [1.165, 1.54) is 5.56 Å². The maximum atomic E-state index is 11.7. The van der Waals surface area contributed by atoms with Crippen LogP contribution in [-0.4, -0.2) is 34.3 Å². The first-order chi connectivity index (χ1) is 11.1. The van der Waals surface area contributed by atoms with E-state index >= 15 is 0 Å². The van der Waals surface area contributed by atoms with Crippen molar-refractivity contribution in [1.29, 1.82) is 0 Å². The number of hydrogen-bond donors (Lipinski definition) is 1. The van der Waals surface area contributed by atoms with Crippen LogP contribution in [0, 0.1) is 0 Å².